The molecule has 1 aromatic heterocycles. The van der Waals surface area contributed by atoms with Crippen LogP contribution in [-0.4, -0.2) is 21.9 Å². The number of benzene rings is 1. The molecule has 130 valence electrons. The molecule has 1 aromatic carbocycles. The number of nitrogens with zero attached hydrogens (tertiary/aromatic N) is 1. The van der Waals surface area contributed by atoms with E-state index in [1.807, 2.05) is 58.0 Å². The van der Waals surface area contributed by atoms with Gasteiger partial charge in [-0.05, 0) is 39.2 Å². The van der Waals surface area contributed by atoms with Gasteiger partial charge in [-0.15, -0.1) is 0 Å². The molecule has 6 nitrogen and oxygen atoms in total. The number of ether oxygens (including phenoxy) is 1. The minimum atomic E-state index is -0.556. The molecule has 1 unspecified atom stereocenters. The number of hydrogen-bond acceptors (Lipinski definition) is 4. The quantitative estimate of drug-likeness (QED) is 0.783. The molecule has 1 atom stereocenters. The van der Waals surface area contributed by atoms with Crippen molar-refractivity contribution in [3.05, 3.63) is 47.2 Å². The first kappa shape index (κ1) is 17.8. The number of nitrogens with one attached hydrogen (secondary N) is 2. The number of rotatable bonds is 5. The van der Waals surface area contributed by atoms with Crippen LogP contribution in [0.2, 0.25) is 0 Å². The summed E-state index contributed by atoms with van der Waals surface area (Å²) in [6.07, 6.45) is 0.878. The van der Waals surface area contributed by atoms with Gasteiger partial charge in [0.25, 0.3) is 0 Å². The van der Waals surface area contributed by atoms with Crippen LogP contribution in [0.3, 0.4) is 0 Å². The van der Waals surface area contributed by atoms with Crippen LogP contribution in [0.15, 0.2) is 30.3 Å². The second-order valence-electron chi connectivity index (χ2n) is 6.74. The van der Waals surface area contributed by atoms with Crippen molar-refractivity contribution in [3.63, 3.8) is 0 Å². The third kappa shape index (κ3) is 4.75. The Morgan fingerprint density at radius 3 is 2.58 bits per heavy atom. The standard InChI is InChI=1S/C18H26N4O2/c1-5-13-15(21-22-16(13)19)14(11-12-9-7-6-8-10-12)20-17(23)24-18(2,3)4/h6-10,14H,5,11H2,1-4H3,(H,20,23)(H3,19,21,22). The van der Waals surface area contributed by atoms with Crippen LogP contribution in [0, 0.1) is 0 Å². The van der Waals surface area contributed by atoms with E-state index in [0.29, 0.717) is 12.2 Å². The predicted octanol–water partition coefficient (Wildman–Crippen LogP) is 3.36. The fourth-order valence-electron chi connectivity index (χ4n) is 2.57. The van der Waals surface area contributed by atoms with Gasteiger partial charge in [0.05, 0.1) is 11.7 Å². The number of H-pyrrole nitrogens is 1. The van der Waals surface area contributed by atoms with E-state index in [1.165, 1.54) is 0 Å². The minimum Gasteiger partial charge on any atom is -0.444 e. The van der Waals surface area contributed by atoms with Gasteiger partial charge in [-0.25, -0.2) is 4.79 Å². The van der Waals surface area contributed by atoms with Gasteiger partial charge in [-0.1, -0.05) is 37.3 Å². The summed E-state index contributed by atoms with van der Waals surface area (Å²) in [6.45, 7) is 7.52. The summed E-state index contributed by atoms with van der Waals surface area (Å²) in [6, 6.07) is 9.63. The smallest absolute Gasteiger partial charge is 0.408 e. The highest BCUT2D eigenvalue weighted by Crippen LogP contribution is 2.24. The molecule has 0 aliphatic rings. The van der Waals surface area contributed by atoms with E-state index in [4.69, 9.17) is 10.5 Å². The Kier molecular flexibility index (Phi) is 5.49. The average molecular weight is 330 g/mol. The second kappa shape index (κ2) is 7.38. The van der Waals surface area contributed by atoms with Crippen LogP contribution < -0.4 is 11.1 Å². The SMILES string of the molecule is CCc1c(C(Cc2ccccc2)NC(=O)OC(C)(C)C)n[nH]c1N. The van der Waals surface area contributed by atoms with E-state index in [2.05, 4.69) is 15.5 Å². The van der Waals surface area contributed by atoms with E-state index in [9.17, 15) is 4.79 Å². The number of amides is 1. The zero-order valence-electron chi connectivity index (χ0n) is 14.7. The molecule has 4 N–H and O–H groups in total. The van der Waals surface area contributed by atoms with Crippen LogP contribution in [-0.2, 0) is 17.6 Å². The first-order valence-corrected chi connectivity index (χ1v) is 8.16. The zero-order chi connectivity index (χ0) is 17.7. The van der Waals surface area contributed by atoms with E-state index in [-0.39, 0.29) is 6.04 Å². The summed E-state index contributed by atoms with van der Waals surface area (Å²) < 4.78 is 5.39. The highest BCUT2D eigenvalue weighted by atomic mass is 16.6. The molecule has 0 bridgehead atoms. The molecule has 2 rings (SSSR count). The maximum absolute atomic E-state index is 12.2. The van der Waals surface area contributed by atoms with Crippen molar-refractivity contribution in [2.45, 2.75) is 52.2 Å². The average Bonchev–Trinajstić information content (AvgIpc) is 2.86. The van der Waals surface area contributed by atoms with Gasteiger partial charge in [0.1, 0.15) is 11.4 Å². The van der Waals surface area contributed by atoms with E-state index in [0.717, 1.165) is 23.2 Å². The van der Waals surface area contributed by atoms with Crippen molar-refractivity contribution >= 4 is 11.9 Å². The van der Waals surface area contributed by atoms with Crippen LogP contribution in [0.25, 0.3) is 0 Å². The second-order valence-corrected chi connectivity index (χ2v) is 6.74. The lowest BCUT2D eigenvalue weighted by molar-refractivity contribution is 0.0502. The Hall–Kier alpha value is -2.50. The maximum atomic E-state index is 12.2. The number of anilines is 1. The summed E-state index contributed by atoms with van der Waals surface area (Å²) >= 11 is 0. The van der Waals surface area contributed by atoms with Gasteiger partial charge >= 0.3 is 6.09 Å². The fourth-order valence-corrected chi connectivity index (χ4v) is 2.57. The van der Waals surface area contributed by atoms with Gasteiger partial charge in [0.15, 0.2) is 0 Å². The number of nitrogen functional groups attached to an aromatic ring is 1. The number of aromatic amines is 1. The third-order valence-electron chi connectivity index (χ3n) is 3.59. The Morgan fingerprint density at radius 1 is 1.33 bits per heavy atom. The van der Waals surface area contributed by atoms with Gasteiger partial charge in [-0.2, -0.15) is 5.10 Å². The van der Waals surface area contributed by atoms with Gasteiger partial charge in [-0.3, -0.25) is 5.10 Å². The molecule has 0 aliphatic heterocycles. The highest BCUT2D eigenvalue weighted by Gasteiger charge is 2.25. The van der Waals surface area contributed by atoms with E-state index in [1.54, 1.807) is 0 Å². The van der Waals surface area contributed by atoms with Crippen molar-refractivity contribution in [3.8, 4) is 0 Å². The monoisotopic (exact) mass is 330 g/mol. The fraction of sp³-hybridized carbons (Fsp3) is 0.444. The van der Waals surface area contributed by atoms with Crippen molar-refractivity contribution in [1.82, 2.24) is 15.5 Å². The largest absolute Gasteiger partial charge is 0.444 e. The van der Waals surface area contributed by atoms with E-state index < -0.39 is 11.7 Å². The molecule has 1 heterocycles. The number of carbonyl (C=O) groups excluding carboxylic acids is 1. The van der Waals surface area contributed by atoms with Crippen molar-refractivity contribution in [1.29, 1.82) is 0 Å². The van der Waals surface area contributed by atoms with Crippen LogP contribution in [0.5, 0.6) is 0 Å². The minimum absolute atomic E-state index is 0.314. The topological polar surface area (TPSA) is 93.0 Å². The first-order valence-electron chi connectivity index (χ1n) is 8.16. The Morgan fingerprint density at radius 2 is 2.00 bits per heavy atom. The molecule has 1 amide bonds. The summed E-state index contributed by atoms with van der Waals surface area (Å²) in [5.41, 5.74) is 8.17. The lowest BCUT2D eigenvalue weighted by atomic mass is 9.99. The molecule has 0 aliphatic carbocycles. The number of carbonyl (C=O) groups is 1. The van der Waals surface area contributed by atoms with Crippen LogP contribution in [0.1, 0.15) is 50.6 Å². The first-order chi connectivity index (χ1) is 11.3. The van der Waals surface area contributed by atoms with Crippen LogP contribution in [0.4, 0.5) is 10.6 Å². The van der Waals surface area contributed by atoms with Crippen molar-refractivity contribution in [2.24, 2.45) is 0 Å². The Bertz CT molecular complexity index is 674. The third-order valence-corrected chi connectivity index (χ3v) is 3.59. The number of hydrogen-bond donors (Lipinski definition) is 3. The molecule has 0 radical (unpaired) electrons. The van der Waals surface area contributed by atoms with E-state index >= 15 is 0 Å². The molecule has 0 spiro atoms. The molecular weight excluding hydrogens is 304 g/mol. The highest BCUT2D eigenvalue weighted by molar-refractivity contribution is 5.68. The van der Waals surface area contributed by atoms with Crippen molar-refractivity contribution < 1.29 is 9.53 Å². The lowest BCUT2D eigenvalue weighted by Gasteiger charge is -2.23. The molecule has 0 fully saturated rings. The predicted molar refractivity (Wildman–Crippen MR) is 94.6 cm³/mol. The summed E-state index contributed by atoms with van der Waals surface area (Å²) in [4.78, 5) is 12.2. The Balaban J connectivity index is 2.25. The molecule has 2 aromatic rings. The van der Waals surface area contributed by atoms with Gasteiger partial charge < -0.3 is 15.8 Å². The number of nitrogens with two attached hydrogens (primary N) is 1. The van der Waals surface area contributed by atoms with Crippen molar-refractivity contribution in [2.75, 3.05) is 5.73 Å². The molecule has 6 heteroatoms. The summed E-state index contributed by atoms with van der Waals surface area (Å²) in [5.74, 6) is 0.538. The van der Waals surface area contributed by atoms with Gasteiger partial charge in [0.2, 0.25) is 0 Å². The number of alkyl carbamates (subject to hydrolysis) is 1. The zero-order valence-corrected chi connectivity index (χ0v) is 14.7. The molecule has 24 heavy (non-hydrogen) atoms. The normalized spacial score (nSPS) is 12.7. The summed E-state index contributed by atoms with van der Waals surface area (Å²) in [7, 11) is 0. The van der Waals surface area contributed by atoms with Crippen LogP contribution >= 0.6 is 0 Å². The molecule has 0 saturated heterocycles. The molecule has 0 saturated carbocycles. The maximum Gasteiger partial charge on any atom is 0.408 e. The Labute approximate surface area is 142 Å². The summed E-state index contributed by atoms with van der Waals surface area (Å²) in [5, 5.41) is 10.1. The number of aromatic nitrogens is 2. The lowest BCUT2D eigenvalue weighted by Crippen LogP contribution is -2.36. The molecular formula is C18H26N4O2. The van der Waals surface area contributed by atoms with Gasteiger partial charge in [0, 0.05) is 5.56 Å².